The Bertz CT molecular complexity index is 444. The predicted octanol–water partition coefficient (Wildman–Crippen LogP) is 1.28. The minimum atomic E-state index is -0.436. The van der Waals surface area contributed by atoms with Gasteiger partial charge in [-0.2, -0.15) is 0 Å². The van der Waals surface area contributed by atoms with Gasteiger partial charge in [-0.25, -0.2) is 0 Å². The van der Waals surface area contributed by atoms with Gasteiger partial charge in [0.2, 0.25) is 5.91 Å². The van der Waals surface area contributed by atoms with Crippen molar-refractivity contribution in [1.29, 1.82) is 0 Å². The standard InChI is InChI=1S/C15H22N2O2/c1-4-12-5-7-13(8-6-12)17-9-11(2)16(3)14(10-18)15(17)19/h5-8,11,14,18H,4,9-10H2,1-3H3. The maximum atomic E-state index is 12.4. The number of amides is 1. The Morgan fingerprint density at radius 1 is 1.32 bits per heavy atom. The molecule has 104 valence electrons. The fourth-order valence-electron chi connectivity index (χ4n) is 2.50. The van der Waals surface area contributed by atoms with Crippen molar-refractivity contribution < 1.29 is 9.90 Å². The maximum absolute atomic E-state index is 12.4. The quantitative estimate of drug-likeness (QED) is 0.892. The molecular formula is C15H22N2O2. The third-order valence-corrected chi connectivity index (χ3v) is 4.01. The van der Waals surface area contributed by atoms with Crippen LogP contribution in [0.1, 0.15) is 19.4 Å². The monoisotopic (exact) mass is 262 g/mol. The minimum Gasteiger partial charge on any atom is -0.394 e. The lowest BCUT2D eigenvalue weighted by Gasteiger charge is -2.42. The van der Waals surface area contributed by atoms with Gasteiger partial charge >= 0.3 is 0 Å². The van der Waals surface area contributed by atoms with Crippen molar-refractivity contribution in [3.8, 4) is 0 Å². The molecule has 0 radical (unpaired) electrons. The number of piperazine rings is 1. The molecule has 0 aromatic heterocycles. The first-order valence-electron chi connectivity index (χ1n) is 6.81. The Labute approximate surface area is 114 Å². The molecule has 1 fully saturated rings. The molecule has 4 heteroatoms. The highest BCUT2D eigenvalue weighted by Crippen LogP contribution is 2.23. The largest absolute Gasteiger partial charge is 0.394 e. The molecule has 1 aromatic carbocycles. The van der Waals surface area contributed by atoms with E-state index >= 15 is 0 Å². The van der Waals surface area contributed by atoms with E-state index in [4.69, 9.17) is 0 Å². The first-order valence-corrected chi connectivity index (χ1v) is 6.81. The number of hydrogen-bond donors (Lipinski definition) is 1. The lowest BCUT2D eigenvalue weighted by Crippen LogP contribution is -2.61. The summed E-state index contributed by atoms with van der Waals surface area (Å²) in [6.07, 6.45) is 0.993. The summed E-state index contributed by atoms with van der Waals surface area (Å²) in [7, 11) is 1.89. The molecule has 1 aromatic rings. The fraction of sp³-hybridized carbons (Fsp3) is 0.533. The highest BCUT2D eigenvalue weighted by Gasteiger charge is 2.36. The lowest BCUT2D eigenvalue weighted by atomic mass is 10.1. The second-order valence-electron chi connectivity index (χ2n) is 5.18. The van der Waals surface area contributed by atoms with Crippen LogP contribution in [0.15, 0.2) is 24.3 Å². The third-order valence-electron chi connectivity index (χ3n) is 4.01. The van der Waals surface area contributed by atoms with Crippen LogP contribution in [0.2, 0.25) is 0 Å². The van der Waals surface area contributed by atoms with E-state index in [1.807, 2.05) is 24.1 Å². The van der Waals surface area contributed by atoms with Crippen molar-refractivity contribution in [3.63, 3.8) is 0 Å². The Balaban J connectivity index is 2.25. The van der Waals surface area contributed by atoms with Gasteiger partial charge in [-0.1, -0.05) is 19.1 Å². The number of benzene rings is 1. The third kappa shape index (κ3) is 2.65. The molecule has 19 heavy (non-hydrogen) atoms. The number of carbonyl (C=O) groups is 1. The number of hydrogen-bond acceptors (Lipinski definition) is 3. The molecule has 2 rings (SSSR count). The molecule has 0 aliphatic carbocycles. The van der Waals surface area contributed by atoms with E-state index in [2.05, 4.69) is 26.0 Å². The summed E-state index contributed by atoms with van der Waals surface area (Å²) in [6, 6.07) is 7.89. The van der Waals surface area contributed by atoms with Crippen molar-refractivity contribution in [2.24, 2.45) is 0 Å². The molecule has 2 atom stereocenters. The van der Waals surface area contributed by atoms with E-state index in [-0.39, 0.29) is 18.6 Å². The topological polar surface area (TPSA) is 43.8 Å². The number of rotatable bonds is 3. The highest BCUT2D eigenvalue weighted by atomic mass is 16.3. The molecule has 0 spiro atoms. The first-order chi connectivity index (χ1) is 9.08. The predicted molar refractivity (Wildman–Crippen MR) is 76.3 cm³/mol. The Hall–Kier alpha value is -1.39. The molecular weight excluding hydrogens is 240 g/mol. The zero-order valence-corrected chi connectivity index (χ0v) is 11.8. The molecule has 1 N–H and O–H groups in total. The van der Waals surface area contributed by atoms with Crippen molar-refractivity contribution >= 4 is 11.6 Å². The highest BCUT2D eigenvalue weighted by molar-refractivity contribution is 5.98. The number of nitrogens with zero attached hydrogens (tertiary/aromatic N) is 2. The molecule has 1 saturated heterocycles. The van der Waals surface area contributed by atoms with E-state index < -0.39 is 6.04 Å². The van der Waals surface area contributed by atoms with Crippen LogP contribution in [0.3, 0.4) is 0 Å². The minimum absolute atomic E-state index is 0.0210. The van der Waals surface area contributed by atoms with Gasteiger partial charge in [0.15, 0.2) is 0 Å². The second-order valence-corrected chi connectivity index (χ2v) is 5.18. The lowest BCUT2D eigenvalue weighted by molar-refractivity contribution is -0.128. The van der Waals surface area contributed by atoms with E-state index in [1.165, 1.54) is 5.56 Å². The summed E-state index contributed by atoms with van der Waals surface area (Å²) < 4.78 is 0. The zero-order valence-electron chi connectivity index (χ0n) is 11.8. The van der Waals surface area contributed by atoms with Crippen LogP contribution >= 0.6 is 0 Å². The van der Waals surface area contributed by atoms with Gasteiger partial charge in [-0.15, -0.1) is 0 Å². The fourth-order valence-corrected chi connectivity index (χ4v) is 2.50. The van der Waals surface area contributed by atoms with Gasteiger partial charge in [0.05, 0.1) is 6.61 Å². The summed E-state index contributed by atoms with van der Waals surface area (Å²) in [6.45, 7) is 4.71. The molecule has 4 nitrogen and oxygen atoms in total. The van der Waals surface area contributed by atoms with Crippen LogP contribution in [0, 0.1) is 0 Å². The molecule has 2 unspecified atom stereocenters. The summed E-state index contributed by atoms with van der Waals surface area (Å²) in [5, 5.41) is 9.41. The Morgan fingerprint density at radius 2 is 1.95 bits per heavy atom. The summed E-state index contributed by atoms with van der Waals surface area (Å²) >= 11 is 0. The number of likely N-dealkylation sites (N-methyl/N-ethyl adjacent to an activating group) is 1. The maximum Gasteiger partial charge on any atom is 0.246 e. The molecule has 1 aliphatic rings. The van der Waals surface area contributed by atoms with Gasteiger partial charge in [0.25, 0.3) is 0 Å². The van der Waals surface area contributed by atoms with Gasteiger partial charge in [0, 0.05) is 18.3 Å². The van der Waals surface area contributed by atoms with Gasteiger partial charge in [0.1, 0.15) is 6.04 Å². The molecule has 1 heterocycles. The van der Waals surface area contributed by atoms with E-state index in [0.717, 1.165) is 12.1 Å². The number of aliphatic hydroxyl groups excluding tert-OH is 1. The van der Waals surface area contributed by atoms with E-state index in [9.17, 15) is 9.90 Å². The summed E-state index contributed by atoms with van der Waals surface area (Å²) in [4.78, 5) is 16.1. The number of aliphatic hydroxyl groups is 1. The molecule has 0 bridgehead atoms. The van der Waals surface area contributed by atoms with Crippen LogP contribution in [-0.4, -0.2) is 48.2 Å². The van der Waals surface area contributed by atoms with Crippen molar-refractivity contribution in [1.82, 2.24) is 4.90 Å². The SMILES string of the molecule is CCc1ccc(N2CC(C)N(C)C(CO)C2=O)cc1. The molecule has 0 saturated carbocycles. The number of anilines is 1. The smallest absolute Gasteiger partial charge is 0.246 e. The first kappa shape index (κ1) is 14.0. The number of aryl methyl sites for hydroxylation is 1. The molecule has 1 amide bonds. The second kappa shape index (κ2) is 5.72. The van der Waals surface area contributed by atoms with Crippen LogP contribution in [0.25, 0.3) is 0 Å². The van der Waals surface area contributed by atoms with Crippen molar-refractivity contribution in [2.75, 3.05) is 25.1 Å². The van der Waals surface area contributed by atoms with Crippen LogP contribution in [0.4, 0.5) is 5.69 Å². The van der Waals surface area contributed by atoms with Crippen molar-refractivity contribution in [3.05, 3.63) is 29.8 Å². The number of carbonyl (C=O) groups excluding carboxylic acids is 1. The van der Waals surface area contributed by atoms with Crippen molar-refractivity contribution in [2.45, 2.75) is 32.4 Å². The summed E-state index contributed by atoms with van der Waals surface area (Å²) in [5.41, 5.74) is 2.18. The van der Waals surface area contributed by atoms with Crippen LogP contribution in [0.5, 0.6) is 0 Å². The summed E-state index contributed by atoms with van der Waals surface area (Å²) in [5.74, 6) is -0.0210. The van der Waals surface area contributed by atoms with Gasteiger partial charge in [-0.05, 0) is 38.1 Å². The average Bonchev–Trinajstić information content (AvgIpc) is 2.44. The zero-order chi connectivity index (χ0) is 14.0. The molecule has 1 aliphatic heterocycles. The van der Waals surface area contributed by atoms with E-state index in [0.29, 0.717) is 6.54 Å². The van der Waals surface area contributed by atoms with Crippen LogP contribution in [-0.2, 0) is 11.2 Å². The van der Waals surface area contributed by atoms with Gasteiger partial charge < -0.3 is 10.0 Å². The Morgan fingerprint density at radius 3 is 2.47 bits per heavy atom. The Kier molecular flexibility index (Phi) is 4.22. The van der Waals surface area contributed by atoms with Crippen LogP contribution < -0.4 is 4.90 Å². The normalized spacial score (nSPS) is 24.8. The van der Waals surface area contributed by atoms with Gasteiger partial charge in [-0.3, -0.25) is 9.69 Å². The average molecular weight is 262 g/mol. The van der Waals surface area contributed by atoms with E-state index in [1.54, 1.807) is 4.90 Å².